The molecule has 94 valence electrons. The van der Waals surface area contributed by atoms with Gasteiger partial charge in [0, 0.05) is 18.8 Å². The molecule has 1 saturated carbocycles. The molecule has 1 aliphatic heterocycles. The highest BCUT2D eigenvalue weighted by Gasteiger charge is 2.34. The Morgan fingerprint density at radius 3 is 2.94 bits per heavy atom. The summed E-state index contributed by atoms with van der Waals surface area (Å²) in [7, 11) is 0. The van der Waals surface area contributed by atoms with Crippen LogP contribution in [0.2, 0.25) is 0 Å². The molecular weight excluding hydrogens is 222 g/mol. The van der Waals surface area contributed by atoms with Gasteiger partial charge in [-0.1, -0.05) is 12.8 Å². The number of pyridine rings is 1. The third kappa shape index (κ3) is 1.96. The largest absolute Gasteiger partial charge is 0.352 e. The van der Waals surface area contributed by atoms with E-state index in [1.165, 1.54) is 38.5 Å². The number of nitriles is 1. The molecule has 0 radical (unpaired) electrons. The van der Waals surface area contributed by atoms with Gasteiger partial charge in [0.1, 0.15) is 11.9 Å². The summed E-state index contributed by atoms with van der Waals surface area (Å²) < 4.78 is 0. The summed E-state index contributed by atoms with van der Waals surface area (Å²) in [5.41, 5.74) is 0.726. The van der Waals surface area contributed by atoms with Crippen molar-refractivity contribution in [2.75, 3.05) is 11.4 Å². The zero-order valence-corrected chi connectivity index (χ0v) is 10.7. The lowest BCUT2D eigenvalue weighted by Gasteiger charge is -2.45. The maximum absolute atomic E-state index is 9.23. The Hall–Kier alpha value is -1.56. The quantitative estimate of drug-likeness (QED) is 0.758. The van der Waals surface area contributed by atoms with Crippen molar-refractivity contribution in [3.8, 4) is 6.07 Å². The zero-order chi connectivity index (χ0) is 12.4. The molecule has 2 aliphatic rings. The number of aromatic nitrogens is 1. The van der Waals surface area contributed by atoms with Gasteiger partial charge >= 0.3 is 0 Å². The highest BCUT2D eigenvalue weighted by atomic mass is 15.2. The standard InChI is InChI=1S/C15H19N3/c16-11-13-6-3-9-17-15(13)18-10-4-7-12-5-1-2-8-14(12)18/h3,6,9,12,14H,1-2,4-5,7-8,10H2/t12-,14-/m1/s1. The van der Waals surface area contributed by atoms with E-state index in [1.807, 2.05) is 18.3 Å². The summed E-state index contributed by atoms with van der Waals surface area (Å²) in [6.45, 7) is 1.06. The van der Waals surface area contributed by atoms with Gasteiger partial charge in [0.15, 0.2) is 0 Å². The minimum Gasteiger partial charge on any atom is -0.352 e. The van der Waals surface area contributed by atoms with Crippen molar-refractivity contribution < 1.29 is 0 Å². The van der Waals surface area contributed by atoms with Crippen molar-refractivity contribution >= 4 is 5.82 Å². The van der Waals surface area contributed by atoms with E-state index in [0.29, 0.717) is 6.04 Å². The number of rotatable bonds is 1. The van der Waals surface area contributed by atoms with Crippen LogP contribution < -0.4 is 4.90 Å². The predicted octanol–water partition coefficient (Wildman–Crippen LogP) is 3.11. The van der Waals surface area contributed by atoms with Crippen LogP contribution in [0.25, 0.3) is 0 Å². The van der Waals surface area contributed by atoms with Crippen LogP contribution in [0.4, 0.5) is 5.82 Å². The molecule has 0 unspecified atom stereocenters. The van der Waals surface area contributed by atoms with Crippen LogP contribution >= 0.6 is 0 Å². The number of piperidine rings is 1. The van der Waals surface area contributed by atoms with Gasteiger partial charge in [-0.3, -0.25) is 0 Å². The minimum atomic E-state index is 0.620. The Morgan fingerprint density at radius 2 is 2.06 bits per heavy atom. The normalized spacial score (nSPS) is 27.4. The molecule has 1 saturated heterocycles. The van der Waals surface area contributed by atoms with Crippen molar-refractivity contribution in [2.45, 2.75) is 44.6 Å². The van der Waals surface area contributed by atoms with E-state index in [9.17, 15) is 5.26 Å². The average Bonchev–Trinajstić information content (AvgIpc) is 2.46. The molecule has 1 aromatic rings. The summed E-state index contributed by atoms with van der Waals surface area (Å²) in [6, 6.07) is 6.64. The molecule has 3 nitrogen and oxygen atoms in total. The fraction of sp³-hybridized carbons (Fsp3) is 0.600. The van der Waals surface area contributed by atoms with E-state index >= 15 is 0 Å². The lowest BCUT2D eigenvalue weighted by Crippen LogP contribution is -2.47. The van der Waals surface area contributed by atoms with Gasteiger partial charge < -0.3 is 4.90 Å². The number of fused-ring (bicyclic) bond motifs is 1. The van der Waals surface area contributed by atoms with E-state index < -0.39 is 0 Å². The first-order valence-electron chi connectivity index (χ1n) is 7.02. The Kier molecular flexibility index (Phi) is 3.19. The Morgan fingerprint density at radius 1 is 1.22 bits per heavy atom. The Labute approximate surface area is 108 Å². The monoisotopic (exact) mass is 241 g/mol. The first kappa shape index (κ1) is 11.5. The van der Waals surface area contributed by atoms with E-state index in [-0.39, 0.29) is 0 Å². The van der Waals surface area contributed by atoms with Crippen molar-refractivity contribution in [1.29, 1.82) is 5.26 Å². The van der Waals surface area contributed by atoms with Crippen LogP contribution in [0.1, 0.15) is 44.1 Å². The molecule has 1 aromatic heterocycles. The summed E-state index contributed by atoms with van der Waals surface area (Å²) in [6.07, 6.45) is 9.73. The summed E-state index contributed by atoms with van der Waals surface area (Å²) in [5.74, 6) is 1.73. The molecule has 0 N–H and O–H groups in total. The fourth-order valence-corrected chi connectivity index (χ4v) is 3.60. The molecule has 18 heavy (non-hydrogen) atoms. The second kappa shape index (κ2) is 4.97. The van der Waals surface area contributed by atoms with Crippen LogP contribution in [-0.2, 0) is 0 Å². The van der Waals surface area contributed by atoms with E-state index in [2.05, 4.69) is 16.0 Å². The average molecular weight is 241 g/mol. The zero-order valence-electron chi connectivity index (χ0n) is 10.7. The molecule has 1 aliphatic carbocycles. The Bertz CT molecular complexity index is 461. The molecule has 0 spiro atoms. The van der Waals surface area contributed by atoms with Gasteiger partial charge in [-0.25, -0.2) is 4.98 Å². The summed E-state index contributed by atoms with van der Waals surface area (Å²) in [4.78, 5) is 6.88. The first-order valence-corrected chi connectivity index (χ1v) is 7.02. The molecule has 2 atom stereocenters. The molecule has 3 heteroatoms. The SMILES string of the molecule is N#Cc1cccnc1N1CCC[C@H]2CCCC[C@H]21. The lowest BCUT2D eigenvalue weighted by atomic mass is 9.78. The topological polar surface area (TPSA) is 39.9 Å². The molecule has 2 fully saturated rings. The second-order valence-electron chi connectivity index (χ2n) is 5.43. The maximum Gasteiger partial charge on any atom is 0.146 e. The van der Waals surface area contributed by atoms with Crippen molar-refractivity contribution in [3.05, 3.63) is 23.9 Å². The van der Waals surface area contributed by atoms with Crippen LogP contribution in [0.5, 0.6) is 0 Å². The number of anilines is 1. The van der Waals surface area contributed by atoms with Crippen molar-refractivity contribution in [1.82, 2.24) is 4.98 Å². The van der Waals surface area contributed by atoms with Crippen molar-refractivity contribution in [3.63, 3.8) is 0 Å². The van der Waals surface area contributed by atoms with Gasteiger partial charge in [-0.15, -0.1) is 0 Å². The Balaban J connectivity index is 1.92. The molecule has 0 aromatic carbocycles. The maximum atomic E-state index is 9.23. The van der Waals surface area contributed by atoms with E-state index in [0.717, 1.165) is 23.8 Å². The summed E-state index contributed by atoms with van der Waals surface area (Å²) >= 11 is 0. The molecule has 2 heterocycles. The molecule has 0 amide bonds. The minimum absolute atomic E-state index is 0.620. The second-order valence-corrected chi connectivity index (χ2v) is 5.43. The smallest absolute Gasteiger partial charge is 0.146 e. The van der Waals surface area contributed by atoms with Crippen molar-refractivity contribution in [2.24, 2.45) is 5.92 Å². The van der Waals surface area contributed by atoms with Crippen LogP contribution in [0.3, 0.4) is 0 Å². The van der Waals surface area contributed by atoms with Gasteiger partial charge in [0.05, 0.1) is 5.56 Å². The molecule has 3 rings (SSSR count). The highest BCUT2D eigenvalue weighted by Crippen LogP contribution is 2.37. The van der Waals surface area contributed by atoms with Gasteiger partial charge in [0.25, 0.3) is 0 Å². The van der Waals surface area contributed by atoms with E-state index in [1.54, 1.807) is 0 Å². The number of hydrogen-bond acceptors (Lipinski definition) is 3. The molecule has 0 bridgehead atoms. The van der Waals surface area contributed by atoms with Gasteiger partial charge in [-0.2, -0.15) is 5.26 Å². The van der Waals surface area contributed by atoms with Gasteiger partial charge in [-0.05, 0) is 43.7 Å². The third-order valence-corrected chi connectivity index (χ3v) is 4.42. The lowest BCUT2D eigenvalue weighted by molar-refractivity contribution is 0.242. The molecular formula is C15H19N3. The third-order valence-electron chi connectivity index (χ3n) is 4.42. The van der Waals surface area contributed by atoms with E-state index in [4.69, 9.17) is 0 Å². The van der Waals surface area contributed by atoms with Crippen LogP contribution in [0.15, 0.2) is 18.3 Å². The predicted molar refractivity (Wildman–Crippen MR) is 71.3 cm³/mol. The first-order chi connectivity index (χ1) is 8.90. The summed E-state index contributed by atoms with van der Waals surface area (Å²) in [5, 5.41) is 9.23. The number of nitrogens with zero attached hydrogens (tertiary/aromatic N) is 3. The van der Waals surface area contributed by atoms with Crippen LogP contribution in [-0.4, -0.2) is 17.6 Å². The number of hydrogen-bond donors (Lipinski definition) is 0. The fourth-order valence-electron chi connectivity index (χ4n) is 3.60. The van der Waals surface area contributed by atoms with Crippen LogP contribution in [0, 0.1) is 17.2 Å². The van der Waals surface area contributed by atoms with Gasteiger partial charge in [0.2, 0.25) is 0 Å². The highest BCUT2D eigenvalue weighted by molar-refractivity contribution is 5.54.